The Bertz CT molecular complexity index is 338. The quantitative estimate of drug-likeness (QED) is 0.784. The summed E-state index contributed by atoms with van der Waals surface area (Å²) in [4.78, 5) is 4.02. The molecule has 0 amide bonds. The molecular formula is C13H19NOS. The Labute approximate surface area is 101 Å². The van der Waals surface area contributed by atoms with Gasteiger partial charge in [0, 0.05) is 18.0 Å². The lowest BCUT2D eigenvalue weighted by molar-refractivity contribution is -0.00251. The lowest BCUT2D eigenvalue weighted by Crippen LogP contribution is -2.41. The lowest BCUT2D eigenvalue weighted by atomic mass is 9.92. The highest BCUT2D eigenvalue weighted by molar-refractivity contribution is 7.09. The van der Waals surface area contributed by atoms with Crippen molar-refractivity contribution >= 4 is 11.3 Å². The van der Waals surface area contributed by atoms with E-state index in [1.165, 1.54) is 24.3 Å². The molecule has 1 aromatic rings. The Morgan fingerprint density at radius 2 is 2.50 bits per heavy atom. The maximum atomic E-state index is 5.98. The molecule has 0 bridgehead atoms. The second-order valence-corrected chi connectivity index (χ2v) is 6.12. The van der Waals surface area contributed by atoms with Crippen LogP contribution in [0.25, 0.3) is 0 Å². The van der Waals surface area contributed by atoms with Gasteiger partial charge in [-0.05, 0) is 43.7 Å². The third kappa shape index (κ3) is 2.17. The smallest absolute Gasteiger partial charge is 0.0735 e. The first-order chi connectivity index (χ1) is 7.81. The van der Waals surface area contributed by atoms with E-state index in [1.54, 1.807) is 0 Å². The van der Waals surface area contributed by atoms with Gasteiger partial charge in [0.1, 0.15) is 0 Å². The standard InChI is InChI=1S/C13H19NOS/c1-10-7-11-4-5-14(9-13(11)15-10)8-12-3-2-6-16-12/h2-3,6,10-11,13H,4-5,7-9H2,1H3/t10-,11-,13+/m0/s1. The van der Waals surface area contributed by atoms with Crippen molar-refractivity contribution in [3.63, 3.8) is 0 Å². The van der Waals surface area contributed by atoms with Gasteiger partial charge in [-0.3, -0.25) is 4.90 Å². The number of piperidine rings is 1. The van der Waals surface area contributed by atoms with Crippen LogP contribution < -0.4 is 0 Å². The van der Waals surface area contributed by atoms with Crippen LogP contribution in [-0.2, 0) is 11.3 Å². The van der Waals surface area contributed by atoms with Crippen molar-refractivity contribution in [3.05, 3.63) is 22.4 Å². The van der Waals surface area contributed by atoms with Crippen molar-refractivity contribution in [2.45, 2.75) is 38.5 Å². The van der Waals surface area contributed by atoms with Crippen molar-refractivity contribution in [1.29, 1.82) is 0 Å². The topological polar surface area (TPSA) is 12.5 Å². The molecule has 0 N–H and O–H groups in total. The Kier molecular flexibility index (Phi) is 3.01. The summed E-state index contributed by atoms with van der Waals surface area (Å²) in [6.45, 7) is 5.70. The summed E-state index contributed by atoms with van der Waals surface area (Å²) in [7, 11) is 0. The van der Waals surface area contributed by atoms with Crippen LogP contribution in [0.5, 0.6) is 0 Å². The molecule has 3 rings (SSSR count). The maximum Gasteiger partial charge on any atom is 0.0735 e. The molecule has 2 aliphatic rings. The molecule has 0 saturated carbocycles. The van der Waals surface area contributed by atoms with Gasteiger partial charge in [0.05, 0.1) is 12.2 Å². The fourth-order valence-electron chi connectivity index (χ4n) is 3.00. The number of ether oxygens (including phenoxy) is 1. The van der Waals surface area contributed by atoms with E-state index in [0.717, 1.165) is 19.0 Å². The molecule has 0 radical (unpaired) electrons. The zero-order chi connectivity index (χ0) is 11.0. The first-order valence-electron chi connectivity index (χ1n) is 6.21. The summed E-state index contributed by atoms with van der Waals surface area (Å²) in [5.74, 6) is 0.828. The van der Waals surface area contributed by atoms with Gasteiger partial charge in [-0.15, -0.1) is 11.3 Å². The molecular weight excluding hydrogens is 218 g/mol. The molecule has 2 nitrogen and oxygen atoms in total. The van der Waals surface area contributed by atoms with E-state index in [4.69, 9.17) is 4.74 Å². The molecule has 1 aromatic heterocycles. The average Bonchev–Trinajstić information content (AvgIpc) is 2.85. The van der Waals surface area contributed by atoms with Crippen LogP contribution in [0.15, 0.2) is 17.5 Å². The van der Waals surface area contributed by atoms with Crippen molar-refractivity contribution in [1.82, 2.24) is 4.90 Å². The zero-order valence-corrected chi connectivity index (χ0v) is 10.6. The van der Waals surface area contributed by atoms with Crippen molar-refractivity contribution in [2.24, 2.45) is 5.92 Å². The first kappa shape index (κ1) is 10.8. The van der Waals surface area contributed by atoms with Crippen LogP contribution in [0.1, 0.15) is 24.6 Å². The molecule has 3 heteroatoms. The Morgan fingerprint density at radius 3 is 3.31 bits per heavy atom. The molecule has 3 heterocycles. The largest absolute Gasteiger partial charge is 0.374 e. The summed E-state index contributed by atoms with van der Waals surface area (Å²) in [5.41, 5.74) is 0. The molecule has 2 fully saturated rings. The lowest BCUT2D eigenvalue weighted by Gasteiger charge is -2.33. The number of thiophene rings is 1. The fraction of sp³-hybridized carbons (Fsp3) is 0.692. The van der Waals surface area contributed by atoms with Crippen LogP contribution >= 0.6 is 11.3 Å². The van der Waals surface area contributed by atoms with Crippen LogP contribution in [0.3, 0.4) is 0 Å². The Balaban J connectivity index is 1.59. The zero-order valence-electron chi connectivity index (χ0n) is 9.76. The molecule has 3 atom stereocenters. The number of likely N-dealkylation sites (tertiary alicyclic amines) is 1. The molecule has 0 aromatic carbocycles. The van der Waals surface area contributed by atoms with E-state index in [1.807, 2.05) is 11.3 Å². The molecule has 16 heavy (non-hydrogen) atoms. The number of nitrogens with zero attached hydrogens (tertiary/aromatic N) is 1. The van der Waals surface area contributed by atoms with Gasteiger partial charge in [0.2, 0.25) is 0 Å². The highest BCUT2D eigenvalue weighted by Crippen LogP contribution is 2.33. The van der Waals surface area contributed by atoms with E-state index < -0.39 is 0 Å². The number of fused-ring (bicyclic) bond motifs is 1. The van der Waals surface area contributed by atoms with Crippen molar-refractivity contribution in [2.75, 3.05) is 13.1 Å². The van der Waals surface area contributed by atoms with E-state index >= 15 is 0 Å². The summed E-state index contributed by atoms with van der Waals surface area (Å²) < 4.78 is 5.98. The van der Waals surface area contributed by atoms with Crippen LogP contribution in [0, 0.1) is 5.92 Å². The third-order valence-electron chi connectivity index (χ3n) is 3.78. The van der Waals surface area contributed by atoms with Crippen LogP contribution in [0.4, 0.5) is 0 Å². The van der Waals surface area contributed by atoms with Gasteiger partial charge < -0.3 is 4.74 Å². The second kappa shape index (κ2) is 4.47. The summed E-state index contributed by atoms with van der Waals surface area (Å²) >= 11 is 1.86. The van der Waals surface area contributed by atoms with Gasteiger partial charge in [-0.2, -0.15) is 0 Å². The highest BCUT2D eigenvalue weighted by atomic mass is 32.1. The predicted octanol–water partition coefficient (Wildman–Crippen LogP) is 2.75. The van der Waals surface area contributed by atoms with Crippen molar-refractivity contribution in [3.8, 4) is 0 Å². The first-order valence-corrected chi connectivity index (χ1v) is 7.09. The summed E-state index contributed by atoms with van der Waals surface area (Å²) in [6.07, 6.45) is 3.58. The average molecular weight is 237 g/mol. The minimum Gasteiger partial charge on any atom is -0.374 e. The minimum atomic E-state index is 0.483. The number of hydrogen-bond donors (Lipinski definition) is 0. The van der Waals surface area contributed by atoms with Gasteiger partial charge in [0.15, 0.2) is 0 Å². The normalized spacial score (nSPS) is 35.2. The SMILES string of the molecule is C[C@H]1C[C@@H]2CCN(Cc3cccs3)C[C@H]2O1. The van der Waals surface area contributed by atoms with E-state index in [2.05, 4.69) is 29.3 Å². The van der Waals surface area contributed by atoms with Crippen LogP contribution in [0.2, 0.25) is 0 Å². The van der Waals surface area contributed by atoms with E-state index in [9.17, 15) is 0 Å². The number of hydrogen-bond acceptors (Lipinski definition) is 3. The molecule has 0 aliphatic carbocycles. The maximum absolute atomic E-state index is 5.98. The third-order valence-corrected chi connectivity index (χ3v) is 4.64. The molecule has 0 spiro atoms. The molecule has 2 aliphatic heterocycles. The van der Waals surface area contributed by atoms with Gasteiger partial charge in [0.25, 0.3) is 0 Å². The van der Waals surface area contributed by atoms with E-state index in [0.29, 0.717) is 12.2 Å². The van der Waals surface area contributed by atoms with Crippen molar-refractivity contribution < 1.29 is 4.74 Å². The van der Waals surface area contributed by atoms with E-state index in [-0.39, 0.29) is 0 Å². The number of rotatable bonds is 2. The molecule has 88 valence electrons. The van der Waals surface area contributed by atoms with Gasteiger partial charge >= 0.3 is 0 Å². The van der Waals surface area contributed by atoms with Gasteiger partial charge in [-0.1, -0.05) is 6.07 Å². The minimum absolute atomic E-state index is 0.483. The predicted molar refractivity (Wildman–Crippen MR) is 66.7 cm³/mol. The molecule has 2 saturated heterocycles. The monoisotopic (exact) mass is 237 g/mol. The Hall–Kier alpha value is -0.380. The van der Waals surface area contributed by atoms with Gasteiger partial charge in [-0.25, -0.2) is 0 Å². The summed E-state index contributed by atoms with van der Waals surface area (Å²) in [5, 5.41) is 2.16. The second-order valence-electron chi connectivity index (χ2n) is 5.08. The fourth-order valence-corrected chi connectivity index (χ4v) is 3.75. The highest BCUT2D eigenvalue weighted by Gasteiger charge is 2.37. The molecule has 0 unspecified atom stereocenters. The summed E-state index contributed by atoms with van der Waals surface area (Å²) in [6, 6.07) is 4.37. The van der Waals surface area contributed by atoms with Crippen LogP contribution in [-0.4, -0.2) is 30.2 Å². The Morgan fingerprint density at radius 1 is 1.56 bits per heavy atom.